The molecular formula is C11H15ClF2N2O2. The van der Waals surface area contributed by atoms with Crippen LogP contribution < -0.4 is 11.1 Å². The number of amides is 1. The average molecular weight is 281 g/mol. The minimum absolute atomic E-state index is 0. The van der Waals surface area contributed by atoms with Gasteiger partial charge in [-0.2, -0.15) is 0 Å². The molecule has 0 fully saturated rings. The second-order valence-electron chi connectivity index (χ2n) is 3.53. The summed E-state index contributed by atoms with van der Waals surface area (Å²) >= 11 is 0. The van der Waals surface area contributed by atoms with Crippen LogP contribution in [0.2, 0.25) is 0 Å². The minimum atomic E-state index is -0.946. The first kappa shape index (κ1) is 16.8. The molecule has 0 aromatic heterocycles. The van der Waals surface area contributed by atoms with E-state index in [2.05, 4.69) is 5.32 Å². The maximum atomic E-state index is 12.9. The summed E-state index contributed by atoms with van der Waals surface area (Å²) in [5.41, 5.74) is 5.93. The fraction of sp³-hybridized carbons (Fsp3) is 0.364. The molecule has 0 radical (unpaired) electrons. The Hall–Kier alpha value is -1.24. The summed E-state index contributed by atoms with van der Waals surface area (Å²) in [6.45, 7) is 0.192. The topological polar surface area (TPSA) is 64.3 Å². The number of methoxy groups -OCH3 is 1. The molecule has 18 heavy (non-hydrogen) atoms. The zero-order chi connectivity index (χ0) is 12.8. The van der Waals surface area contributed by atoms with Crippen LogP contribution in [0.3, 0.4) is 0 Å². The van der Waals surface area contributed by atoms with E-state index in [0.717, 1.165) is 12.1 Å². The molecule has 3 N–H and O–H groups in total. The Morgan fingerprint density at radius 2 is 2.11 bits per heavy atom. The van der Waals surface area contributed by atoms with Crippen molar-refractivity contribution in [3.63, 3.8) is 0 Å². The van der Waals surface area contributed by atoms with Crippen LogP contribution in [0, 0.1) is 11.6 Å². The Kier molecular flexibility index (Phi) is 7.42. The summed E-state index contributed by atoms with van der Waals surface area (Å²) in [5, 5.41) is 2.50. The first-order chi connectivity index (χ1) is 8.04. The minimum Gasteiger partial charge on any atom is -0.383 e. The summed E-state index contributed by atoms with van der Waals surface area (Å²) in [7, 11) is 1.43. The predicted octanol–water partition coefficient (Wildman–Crippen LogP) is 0.977. The molecule has 0 aliphatic heterocycles. The highest BCUT2D eigenvalue weighted by atomic mass is 35.5. The maximum absolute atomic E-state index is 12.9. The molecule has 1 aromatic carbocycles. The SMILES string of the molecule is COCC(N)C(=O)NCc1ccc(F)c(F)c1.Cl. The lowest BCUT2D eigenvalue weighted by molar-refractivity contribution is -0.123. The molecule has 1 unspecified atom stereocenters. The van der Waals surface area contributed by atoms with Gasteiger partial charge in [-0.15, -0.1) is 12.4 Å². The molecule has 0 aliphatic rings. The second-order valence-corrected chi connectivity index (χ2v) is 3.53. The second kappa shape index (κ2) is 7.97. The number of nitrogens with two attached hydrogens (primary N) is 1. The molecule has 0 saturated heterocycles. The number of hydrogen-bond donors (Lipinski definition) is 2. The van der Waals surface area contributed by atoms with E-state index in [-0.39, 0.29) is 25.6 Å². The van der Waals surface area contributed by atoms with Gasteiger partial charge in [-0.25, -0.2) is 8.78 Å². The van der Waals surface area contributed by atoms with E-state index in [4.69, 9.17) is 10.5 Å². The summed E-state index contributed by atoms with van der Waals surface area (Å²) in [4.78, 5) is 11.4. The normalized spacial score (nSPS) is 11.6. The Morgan fingerprint density at radius 3 is 2.67 bits per heavy atom. The number of hydrogen-bond acceptors (Lipinski definition) is 3. The summed E-state index contributed by atoms with van der Waals surface area (Å²) in [5.74, 6) is -2.27. The van der Waals surface area contributed by atoms with Crippen molar-refractivity contribution in [3.8, 4) is 0 Å². The van der Waals surface area contributed by atoms with Crippen molar-refractivity contribution >= 4 is 18.3 Å². The molecular weight excluding hydrogens is 266 g/mol. The number of ether oxygens (including phenoxy) is 1. The number of rotatable bonds is 5. The molecule has 0 heterocycles. The fourth-order valence-corrected chi connectivity index (χ4v) is 1.23. The van der Waals surface area contributed by atoms with Gasteiger partial charge in [0.1, 0.15) is 6.04 Å². The largest absolute Gasteiger partial charge is 0.383 e. The molecule has 1 aromatic rings. The molecule has 102 valence electrons. The van der Waals surface area contributed by atoms with Crippen molar-refractivity contribution in [1.82, 2.24) is 5.32 Å². The van der Waals surface area contributed by atoms with Crippen molar-refractivity contribution in [2.75, 3.05) is 13.7 Å². The molecule has 0 saturated carbocycles. The van der Waals surface area contributed by atoms with Gasteiger partial charge in [0.25, 0.3) is 0 Å². The van der Waals surface area contributed by atoms with Crippen molar-refractivity contribution < 1.29 is 18.3 Å². The van der Waals surface area contributed by atoms with Gasteiger partial charge in [0.2, 0.25) is 5.91 Å². The van der Waals surface area contributed by atoms with Gasteiger partial charge >= 0.3 is 0 Å². The third kappa shape index (κ3) is 4.95. The Labute approximate surface area is 110 Å². The third-order valence-electron chi connectivity index (χ3n) is 2.13. The molecule has 7 heteroatoms. The van der Waals surface area contributed by atoms with Crippen molar-refractivity contribution in [3.05, 3.63) is 35.4 Å². The predicted molar refractivity (Wildman–Crippen MR) is 65.3 cm³/mol. The van der Waals surface area contributed by atoms with Gasteiger partial charge in [-0.1, -0.05) is 6.07 Å². The molecule has 1 amide bonds. The van der Waals surface area contributed by atoms with Crippen LogP contribution >= 0.6 is 12.4 Å². The van der Waals surface area contributed by atoms with E-state index in [1.165, 1.54) is 13.2 Å². The number of carbonyl (C=O) groups excluding carboxylic acids is 1. The summed E-state index contributed by atoms with van der Waals surface area (Å²) < 4.78 is 30.2. The number of halogens is 3. The van der Waals surface area contributed by atoms with Crippen molar-refractivity contribution in [1.29, 1.82) is 0 Å². The smallest absolute Gasteiger partial charge is 0.239 e. The molecule has 0 aliphatic carbocycles. The molecule has 1 atom stereocenters. The van der Waals surface area contributed by atoms with E-state index >= 15 is 0 Å². The fourth-order valence-electron chi connectivity index (χ4n) is 1.23. The number of nitrogens with one attached hydrogen (secondary N) is 1. The lowest BCUT2D eigenvalue weighted by atomic mass is 10.2. The van der Waals surface area contributed by atoms with Crippen LogP contribution in [0.5, 0.6) is 0 Å². The standard InChI is InChI=1S/C11H14F2N2O2.ClH/c1-17-6-10(14)11(16)15-5-7-2-3-8(12)9(13)4-7;/h2-4,10H,5-6,14H2,1H3,(H,15,16);1H. The number of carbonyl (C=O) groups is 1. The first-order valence-electron chi connectivity index (χ1n) is 5.00. The van der Waals surface area contributed by atoms with E-state index in [1.54, 1.807) is 0 Å². The van der Waals surface area contributed by atoms with Gasteiger partial charge < -0.3 is 15.8 Å². The van der Waals surface area contributed by atoms with E-state index in [9.17, 15) is 13.6 Å². The molecule has 0 spiro atoms. The molecule has 4 nitrogen and oxygen atoms in total. The van der Waals surface area contributed by atoms with E-state index in [0.29, 0.717) is 5.56 Å². The van der Waals surface area contributed by atoms with Crippen molar-refractivity contribution in [2.45, 2.75) is 12.6 Å². The quantitative estimate of drug-likeness (QED) is 0.845. The monoisotopic (exact) mass is 280 g/mol. The first-order valence-corrected chi connectivity index (χ1v) is 5.00. The highest BCUT2D eigenvalue weighted by molar-refractivity contribution is 5.85. The van der Waals surface area contributed by atoms with Gasteiger partial charge in [-0.3, -0.25) is 4.79 Å². The van der Waals surface area contributed by atoms with Gasteiger partial charge in [0, 0.05) is 13.7 Å². The Morgan fingerprint density at radius 1 is 1.44 bits per heavy atom. The highest BCUT2D eigenvalue weighted by Gasteiger charge is 2.12. The number of benzene rings is 1. The van der Waals surface area contributed by atoms with Gasteiger partial charge in [-0.05, 0) is 17.7 Å². The zero-order valence-corrected chi connectivity index (χ0v) is 10.6. The lowest BCUT2D eigenvalue weighted by Crippen LogP contribution is -2.43. The van der Waals surface area contributed by atoms with Crippen LogP contribution in [0.4, 0.5) is 8.78 Å². The van der Waals surface area contributed by atoms with Crippen LogP contribution in [-0.4, -0.2) is 25.7 Å². The third-order valence-corrected chi connectivity index (χ3v) is 2.13. The van der Waals surface area contributed by atoms with E-state index in [1.807, 2.05) is 0 Å². The lowest BCUT2D eigenvalue weighted by Gasteiger charge is -2.11. The van der Waals surface area contributed by atoms with Crippen LogP contribution in [0.15, 0.2) is 18.2 Å². The van der Waals surface area contributed by atoms with Crippen LogP contribution in [-0.2, 0) is 16.1 Å². The zero-order valence-electron chi connectivity index (χ0n) is 9.78. The van der Waals surface area contributed by atoms with E-state index < -0.39 is 23.6 Å². The van der Waals surface area contributed by atoms with Crippen LogP contribution in [0.25, 0.3) is 0 Å². The Balaban J connectivity index is 0.00000289. The van der Waals surface area contributed by atoms with Crippen LogP contribution in [0.1, 0.15) is 5.56 Å². The highest BCUT2D eigenvalue weighted by Crippen LogP contribution is 2.08. The maximum Gasteiger partial charge on any atom is 0.239 e. The summed E-state index contributed by atoms with van der Waals surface area (Å²) in [6.07, 6.45) is 0. The average Bonchev–Trinajstić information content (AvgIpc) is 2.30. The van der Waals surface area contributed by atoms with Gasteiger partial charge in [0.05, 0.1) is 6.61 Å². The summed E-state index contributed by atoms with van der Waals surface area (Å²) in [6, 6.07) is 2.65. The molecule has 0 bridgehead atoms. The Bertz CT molecular complexity index is 405. The van der Waals surface area contributed by atoms with Crippen molar-refractivity contribution in [2.24, 2.45) is 5.73 Å². The van der Waals surface area contributed by atoms with Gasteiger partial charge in [0.15, 0.2) is 11.6 Å². The molecule has 1 rings (SSSR count).